The molecule has 1 aliphatic heterocycles. The summed E-state index contributed by atoms with van der Waals surface area (Å²) >= 11 is 0. The van der Waals surface area contributed by atoms with E-state index >= 15 is 0 Å². The van der Waals surface area contributed by atoms with Crippen LogP contribution in [0.4, 0.5) is 0 Å². The fourth-order valence-electron chi connectivity index (χ4n) is 3.18. The molecule has 0 saturated heterocycles. The Balaban J connectivity index is 2.09. The third-order valence-corrected chi connectivity index (χ3v) is 4.47. The lowest BCUT2D eigenvalue weighted by molar-refractivity contribution is -0.130. The fourth-order valence-corrected chi connectivity index (χ4v) is 3.18. The van der Waals surface area contributed by atoms with Gasteiger partial charge in [-0.2, -0.15) is 0 Å². The predicted molar refractivity (Wildman–Crippen MR) is 93.7 cm³/mol. The van der Waals surface area contributed by atoms with Gasteiger partial charge in [0.1, 0.15) is 0 Å². The first-order valence-electron chi connectivity index (χ1n) is 8.27. The predicted octanol–water partition coefficient (Wildman–Crippen LogP) is 3.26. The molecule has 0 bridgehead atoms. The molecule has 0 fully saturated rings. The molecule has 1 N–H and O–H groups in total. The molecule has 5 nitrogen and oxygen atoms in total. The zero-order valence-electron chi connectivity index (χ0n) is 14.3. The zero-order valence-corrected chi connectivity index (χ0v) is 14.3. The van der Waals surface area contributed by atoms with Gasteiger partial charge in [-0.1, -0.05) is 37.3 Å². The number of Topliss-reactive ketones (excluding diaryl/α,β-unsaturated/α-hetero) is 1. The molecule has 0 spiro atoms. The smallest absolute Gasteiger partial charge is 0.290 e. The van der Waals surface area contributed by atoms with Crippen molar-refractivity contribution in [1.29, 1.82) is 0 Å². The Morgan fingerprint density at radius 2 is 1.92 bits per heavy atom. The maximum atomic E-state index is 12.7. The summed E-state index contributed by atoms with van der Waals surface area (Å²) in [5, 5.41) is 10.4. The van der Waals surface area contributed by atoms with E-state index in [9.17, 15) is 14.7 Å². The number of aryl methyl sites for hydroxylation is 1. The van der Waals surface area contributed by atoms with Gasteiger partial charge in [0, 0.05) is 12.6 Å². The van der Waals surface area contributed by atoms with Gasteiger partial charge in [-0.05, 0) is 30.2 Å². The Bertz CT molecular complexity index is 843. The van der Waals surface area contributed by atoms with Crippen molar-refractivity contribution in [1.82, 2.24) is 9.88 Å². The van der Waals surface area contributed by atoms with E-state index in [1.54, 1.807) is 19.2 Å². The first kappa shape index (κ1) is 16.9. The third kappa shape index (κ3) is 3.05. The number of amides is 1. The third-order valence-electron chi connectivity index (χ3n) is 4.47. The quantitative estimate of drug-likeness (QED) is 0.910. The Labute approximate surface area is 146 Å². The lowest BCUT2D eigenvalue weighted by Crippen LogP contribution is -2.31. The van der Waals surface area contributed by atoms with Crippen molar-refractivity contribution < 1.29 is 14.7 Å². The number of pyridine rings is 1. The molecule has 3 rings (SSSR count). The number of ketones is 1. The summed E-state index contributed by atoms with van der Waals surface area (Å²) in [4.78, 5) is 30.9. The van der Waals surface area contributed by atoms with E-state index in [2.05, 4.69) is 4.98 Å². The van der Waals surface area contributed by atoms with Crippen LogP contribution in [0.1, 0.15) is 36.2 Å². The summed E-state index contributed by atoms with van der Waals surface area (Å²) in [6.45, 7) is 3.88. The van der Waals surface area contributed by atoms with Crippen LogP contribution in [0.15, 0.2) is 60.0 Å². The number of hydrogen-bond donors (Lipinski definition) is 1. The van der Waals surface area contributed by atoms with Crippen molar-refractivity contribution >= 4 is 11.7 Å². The first-order valence-corrected chi connectivity index (χ1v) is 8.27. The average Bonchev–Trinajstić information content (AvgIpc) is 2.87. The van der Waals surface area contributed by atoms with Crippen molar-refractivity contribution in [2.24, 2.45) is 0 Å². The summed E-state index contributed by atoms with van der Waals surface area (Å²) in [5.41, 5.74) is 2.68. The molecule has 0 radical (unpaired) electrons. The standard InChI is InChI=1S/C20H20N2O3/c1-3-16(23)17-18(15-10-5-4-8-13(15)2)22(20(25)19(17)24)12-14-9-6-7-11-21-14/h4-11,18,24H,3,12H2,1-2H3. The van der Waals surface area contributed by atoms with Crippen LogP contribution in [0.5, 0.6) is 0 Å². The van der Waals surface area contributed by atoms with Crippen LogP contribution in [-0.4, -0.2) is 26.7 Å². The SMILES string of the molecule is CCC(=O)C1=C(O)C(=O)N(Cc2ccccn2)C1c1ccccc1C. The molecule has 5 heteroatoms. The zero-order chi connectivity index (χ0) is 18.0. The molecule has 2 aromatic rings. The van der Waals surface area contributed by atoms with Crippen LogP contribution in [0.2, 0.25) is 0 Å². The first-order chi connectivity index (χ1) is 12.0. The van der Waals surface area contributed by atoms with E-state index in [-0.39, 0.29) is 24.3 Å². The van der Waals surface area contributed by atoms with Crippen LogP contribution in [0.25, 0.3) is 0 Å². The summed E-state index contributed by atoms with van der Waals surface area (Å²) in [7, 11) is 0. The lowest BCUT2D eigenvalue weighted by atomic mass is 9.92. The van der Waals surface area contributed by atoms with E-state index in [0.717, 1.165) is 11.1 Å². The molecule has 0 saturated carbocycles. The van der Waals surface area contributed by atoms with Gasteiger partial charge in [0.15, 0.2) is 11.5 Å². The molecule has 128 valence electrons. The van der Waals surface area contributed by atoms with Gasteiger partial charge in [-0.25, -0.2) is 0 Å². The molecular weight excluding hydrogens is 316 g/mol. The number of aromatic nitrogens is 1. The van der Waals surface area contributed by atoms with Gasteiger partial charge in [-0.3, -0.25) is 14.6 Å². The van der Waals surface area contributed by atoms with Crippen LogP contribution >= 0.6 is 0 Å². The van der Waals surface area contributed by atoms with Crippen LogP contribution in [-0.2, 0) is 16.1 Å². The van der Waals surface area contributed by atoms with E-state index < -0.39 is 17.7 Å². The Hall–Kier alpha value is -2.95. The van der Waals surface area contributed by atoms with Gasteiger partial charge < -0.3 is 10.0 Å². The molecule has 2 heterocycles. The van der Waals surface area contributed by atoms with Crippen molar-refractivity contribution in [2.75, 3.05) is 0 Å². The number of carbonyl (C=O) groups is 2. The second kappa shape index (κ2) is 6.89. The molecule has 1 aromatic carbocycles. The lowest BCUT2D eigenvalue weighted by Gasteiger charge is -2.27. The average molecular weight is 336 g/mol. The van der Waals surface area contributed by atoms with Crippen molar-refractivity contribution in [3.8, 4) is 0 Å². The van der Waals surface area contributed by atoms with Crippen LogP contribution in [0.3, 0.4) is 0 Å². The highest BCUT2D eigenvalue weighted by molar-refractivity contribution is 6.08. The molecule has 25 heavy (non-hydrogen) atoms. The normalized spacial score (nSPS) is 17.3. The number of benzene rings is 1. The highest BCUT2D eigenvalue weighted by Crippen LogP contribution is 2.40. The van der Waals surface area contributed by atoms with Gasteiger partial charge in [0.25, 0.3) is 5.91 Å². The number of aliphatic hydroxyl groups is 1. The minimum atomic E-state index is -0.594. The van der Waals surface area contributed by atoms with Crippen molar-refractivity contribution in [2.45, 2.75) is 32.9 Å². The van der Waals surface area contributed by atoms with Crippen LogP contribution < -0.4 is 0 Å². The van der Waals surface area contributed by atoms with E-state index in [4.69, 9.17) is 0 Å². The fraction of sp³-hybridized carbons (Fsp3) is 0.250. The Morgan fingerprint density at radius 3 is 2.56 bits per heavy atom. The van der Waals surface area contributed by atoms with Gasteiger partial charge in [0.05, 0.1) is 23.9 Å². The number of carbonyl (C=O) groups excluding carboxylic acids is 2. The molecule has 1 unspecified atom stereocenters. The number of nitrogens with zero attached hydrogens (tertiary/aromatic N) is 2. The molecule has 1 aliphatic rings. The van der Waals surface area contributed by atoms with Gasteiger partial charge in [0.2, 0.25) is 0 Å². The summed E-state index contributed by atoms with van der Waals surface area (Å²) in [6, 6.07) is 12.5. The van der Waals surface area contributed by atoms with Crippen molar-refractivity contribution in [3.05, 3.63) is 76.8 Å². The second-order valence-corrected chi connectivity index (χ2v) is 6.05. The van der Waals surface area contributed by atoms with E-state index in [1.165, 1.54) is 4.90 Å². The Morgan fingerprint density at radius 1 is 1.20 bits per heavy atom. The van der Waals surface area contributed by atoms with E-state index in [1.807, 2.05) is 43.3 Å². The summed E-state index contributed by atoms with van der Waals surface area (Å²) in [5.74, 6) is -1.20. The molecule has 1 atom stereocenters. The Kier molecular flexibility index (Phi) is 4.65. The molecule has 0 aliphatic carbocycles. The molecule has 1 aromatic heterocycles. The maximum absolute atomic E-state index is 12.7. The van der Waals surface area contributed by atoms with Gasteiger partial charge in [-0.15, -0.1) is 0 Å². The van der Waals surface area contributed by atoms with Gasteiger partial charge >= 0.3 is 0 Å². The molecule has 1 amide bonds. The van der Waals surface area contributed by atoms with E-state index in [0.29, 0.717) is 5.69 Å². The summed E-state index contributed by atoms with van der Waals surface area (Å²) in [6.07, 6.45) is 1.89. The monoisotopic (exact) mass is 336 g/mol. The second-order valence-electron chi connectivity index (χ2n) is 6.05. The topological polar surface area (TPSA) is 70.5 Å². The number of hydrogen-bond acceptors (Lipinski definition) is 4. The van der Waals surface area contributed by atoms with Crippen molar-refractivity contribution in [3.63, 3.8) is 0 Å². The number of rotatable bonds is 5. The largest absolute Gasteiger partial charge is 0.503 e. The maximum Gasteiger partial charge on any atom is 0.290 e. The molecular formula is C20H20N2O3. The highest BCUT2D eigenvalue weighted by Gasteiger charge is 2.43. The minimum Gasteiger partial charge on any atom is -0.503 e. The highest BCUT2D eigenvalue weighted by atomic mass is 16.3. The van der Waals surface area contributed by atoms with Crippen LogP contribution in [0, 0.1) is 6.92 Å². The minimum absolute atomic E-state index is 0.178. The summed E-state index contributed by atoms with van der Waals surface area (Å²) < 4.78 is 0. The number of aliphatic hydroxyl groups excluding tert-OH is 1.